The van der Waals surface area contributed by atoms with E-state index in [-0.39, 0.29) is 0 Å². The largest absolute Gasteiger partial charge is 0.444 e. The van der Waals surface area contributed by atoms with E-state index >= 15 is 0 Å². The molecular weight excluding hydrogens is 190 g/mol. The number of hydrogen-bond acceptors (Lipinski definition) is 4. The molecule has 0 saturated carbocycles. The normalized spacial score (nSPS) is 23.3. The first-order valence-corrected chi connectivity index (χ1v) is 5.54. The fourth-order valence-corrected chi connectivity index (χ4v) is 1.90. The van der Waals surface area contributed by atoms with Crippen molar-refractivity contribution in [3.8, 4) is 0 Å². The van der Waals surface area contributed by atoms with Crippen molar-refractivity contribution in [2.75, 3.05) is 19.6 Å². The average Bonchev–Trinajstić information content (AvgIpc) is 2.50. The smallest absolute Gasteiger partial charge is 0.208 e. The molecule has 0 amide bonds. The van der Waals surface area contributed by atoms with E-state index in [4.69, 9.17) is 4.42 Å². The van der Waals surface area contributed by atoms with Gasteiger partial charge in [0.05, 0.1) is 12.2 Å². The zero-order chi connectivity index (χ0) is 10.8. The second-order valence-corrected chi connectivity index (χ2v) is 4.27. The first-order valence-electron chi connectivity index (χ1n) is 5.54. The Bertz CT molecular complexity index is 315. The summed E-state index contributed by atoms with van der Waals surface area (Å²) >= 11 is 0. The Balaban J connectivity index is 2.01. The van der Waals surface area contributed by atoms with E-state index in [9.17, 15) is 0 Å². The van der Waals surface area contributed by atoms with Gasteiger partial charge in [0.25, 0.3) is 0 Å². The lowest BCUT2D eigenvalue weighted by molar-refractivity contribution is 0.150. The monoisotopic (exact) mass is 209 g/mol. The van der Waals surface area contributed by atoms with Gasteiger partial charge in [0.1, 0.15) is 5.76 Å². The Morgan fingerprint density at radius 1 is 1.53 bits per heavy atom. The van der Waals surface area contributed by atoms with Gasteiger partial charge in [0, 0.05) is 25.7 Å². The van der Waals surface area contributed by atoms with Crippen LogP contribution in [0.4, 0.5) is 0 Å². The van der Waals surface area contributed by atoms with Crippen LogP contribution in [0.1, 0.15) is 24.3 Å². The fraction of sp³-hybridized carbons (Fsp3) is 0.727. The third-order valence-corrected chi connectivity index (χ3v) is 3.05. The summed E-state index contributed by atoms with van der Waals surface area (Å²) < 4.78 is 5.59. The lowest BCUT2D eigenvalue weighted by Crippen LogP contribution is -2.49. The second-order valence-electron chi connectivity index (χ2n) is 4.27. The van der Waals surface area contributed by atoms with Gasteiger partial charge in [0.15, 0.2) is 0 Å². The molecule has 1 aromatic rings. The summed E-state index contributed by atoms with van der Waals surface area (Å²) in [4.78, 5) is 6.81. The molecule has 1 N–H and O–H groups in total. The minimum absolute atomic E-state index is 0.561. The zero-order valence-electron chi connectivity index (χ0n) is 9.71. The molecule has 0 aromatic carbocycles. The van der Waals surface area contributed by atoms with Crippen LogP contribution in [0.2, 0.25) is 0 Å². The summed E-state index contributed by atoms with van der Waals surface area (Å²) in [5.41, 5.74) is 1.01. The molecule has 0 radical (unpaired) electrons. The molecule has 4 heteroatoms. The van der Waals surface area contributed by atoms with Crippen molar-refractivity contribution >= 4 is 0 Å². The average molecular weight is 209 g/mol. The van der Waals surface area contributed by atoms with Gasteiger partial charge in [-0.2, -0.15) is 0 Å². The maximum Gasteiger partial charge on any atom is 0.208 e. The number of aromatic nitrogens is 1. The van der Waals surface area contributed by atoms with Crippen LogP contribution in [-0.4, -0.2) is 35.6 Å². The molecule has 1 unspecified atom stereocenters. The summed E-state index contributed by atoms with van der Waals surface area (Å²) in [6.45, 7) is 10.2. The highest BCUT2D eigenvalue weighted by Gasteiger charge is 2.19. The van der Waals surface area contributed by atoms with Gasteiger partial charge in [-0.1, -0.05) is 0 Å². The third kappa shape index (κ3) is 2.38. The SMILES string of the molecule is Cc1nc(CN2CCNCC2C)oc1C. The Morgan fingerprint density at radius 3 is 2.93 bits per heavy atom. The Morgan fingerprint density at radius 2 is 2.33 bits per heavy atom. The van der Waals surface area contributed by atoms with E-state index in [1.165, 1.54) is 0 Å². The van der Waals surface area contributed by atoms with Crippen molar-refractivity contribution in [2.45, 2.75) is 33.4 Å². The van der Waals surface area contributed by atoms with Gasteiger partial charge in [-0.25, -0.2) is 4.98 Å². The highest BCUT2D eigenvalue weighted by molar-refractivity contribution is 5.05. The van der Waals surface area contributed by atoms with E-state index in [1.54, 1.807) is 0 Å². The predicted octanol–water partition coefficient (Wildman–Crippen LogP) is 1.09. The molecule has 1 aromatic heterocycles. The van der Waals surface area contributed by atoms with Crippen LogP contribution in [0.25, 0.3) is 0 Å². The Kier molecular flexibility index (Phi) is 3.07. The number of piperazine rings is 1. The molecule has 0 aliphatic carbocycles. The van der Waals surface area contributed by atoms with Crippen LogP contribution in [0, 0.1) is 13.8 Å². The summed E-state index contributed by atoms with van der Waals surface area (Å²) in [5.74, 6) is 1.78. The molecule has 1 aliphatic heterocycles. The minimum Gasteiger partial charge on any atom is -0.444 e. The number of hydrogen-bond donors (Lipinski definition) is 1. The van der Waals surface area contributed by atoms with Crippen molar-refractivity contribution in [3.63, 3.8) is 0 Å². The van der Waals surface area contributed by atoms with Crippen LogP contribution in [0.5, 0.6) is 0 Å². The first kappa shape index (κ1) is 10.6. The van der Waals surface area contributed by atoms with Crippen molar-refractivity contribution in [3.05, 3.63) is 17.3 Å². The van der Waals surface area contributed by atoms with E-state index in [1.807, 2.05) is 13.8 Å². The van der Waals surface area contributed by atoms with E-state index < -0.39 is 0 Å². The summed E-state index contributed by atoms with van der Waals surface area (Å²) in [7, 11) is 0. The van der Waals surface area contributed by atoms with Gasteiger partial charge >= 0.3 is 0 Å². The van der Waals surface area contributed by atoms with Gasteiger partial charge < -0.3 is 9.73 Å². The summed E-state index contributed by atoms with van der Waals surface area (Å²) in [5, 5.41) is 3.37. The molecular formula is C11H19N3O. The molecule has 2 rings (SSSR count). The minimum atomic E-state index is 0.561. The summed E-state index contributed by atoms with van der Waals surface area (Å²) in [6, 6.07) is 0.561. The van der Waals surface area contributed by atoms with Gasteiger partial charge in [-0.15, -0.1) is 0 Å². The van der Waals surface area contributed by atoms with Gasteiger partial charge in [0.2, 0.25) is 5.89 Å². The van der Waals surface area contributed by atoms with E-state index in [2.05, 4.69) is 22.1 Å². The first-order chi connectivity index (χ1) is 7.16. The van der Waals surface area contributed by atoms with Crippen molar-refractivity contribution in [2.24, 2.45) is 0 Å². The molecule has 4 nitrogen and oxygen atoms in total. The zero-order valence-corrected chi connectivity index (χ0v) is 9.71. The van der Waals surface area contributed by atoms with E-state index in [0.717, 1.165) is 43.5 Å². The molecule has 2 heterocycles. The van der Waals surface area contributed by atoms with Gasteiger partial charge in [-0.3, -0.25) is 4.90 Å². The Labute approximate surface area is 90.7 Å². The number of rotatable bonds is 2. The maximum absolute atomic E-state index is 5.59. The molecule has 15 heavy (non-hydrogen) atoms. The standard InChI is InChI=1S/C11H19N3O/c1-8-6-12-4-5-14(8)7-11-13-9(2)10(3)15-11/h8,12H,4-7H2,1-3H3. The molecule has 0 spiro atoms. The van der Waals surface area contributed by atoms with E-state index in [0.29, 0.717) is 6.04 Å². The van der Waals surface area contributed by atoms with Crippen LogP contribution in [0.15, 0.2) is 4.42 Å². The van der Waals surface area contributed by atoms with Crippen LogP contribution in [0.3, 0.4) is 0 Å². The third-order valence-electron chi connectivity index (χ3n) is 3.05. The maximum atomic E-state index is 5.59. The van der Waals surface area contributed by atoms with Crippen molar-refractivity contribution in [1.29, 1.82) is 0 Å². The summed E-state index contributed by atoms with van der Waals surface area (Å²) in [6.07, 6.45) is 0. The lowest BCUT2D eigenvalue weighted by Gasteiger charge is -2.32. The molecule has 0 bridgehead atoms. The highest BCUT2D eigenvalue weighted by atomic mass is 16.4. The number of nitrogens with zero attached hydrogens (tertiary/aromatic N) is 2. The number of oxazole rings is 1. The second kappa shape index (κ2) is 4.33. The van der Waals surface area contributed by atoms with Crippen molar-refractivity contribution in [1.82, 2.24) is 15.2 Å². The fourth-order valence-electron chi connectivity index (χ4n) is 1.90. The molecule has 84 valence electrons. The van der Waals surface area contributed by atoms with Gasteiger partial charge in [-0.05, 0) is 20.8 Å². The van der Waals surface area contributed by atoms with Crippen LogP contribution >= 0.6 is 0 Å². The molecule has 1 saturated heterocycles. The highest BCUT2D eigenvalue weighted by Crippen LogP contribution is 2.13. The molecule has 1 fully saturated rings. The quantitative estimate of drug-likeness (QED) is 0.791. The van der Waals surface area contributed by atoms with Crippen LogP contribution < -0.4 is 5.32 Å². The molecule has 1 atom stereocenters. The van der Waals surface area contributed by atoms with Crippen molar-refractivity contribution < 1.29 is 4.42 Å². The number of aryl methyl sites for hydroxylation is 2. The number of nitrogens with one attached hydrogen (secondary N) is 1. The predicted molar refractivity (Wildman–Crippen MR) is 58.7 cm³/mol. The Hall–Kier alpha value is -0.870. The molecule has 1 aliphatic rings. The van der Waals surface area contributed by atoms with Crippen LogP contribution in [-0.2, 0) is 6.54 Å². The lowest BCUT2D eigenvalue weighted by atomic mass is 10.2. The topological polar surface area (TPSA) is 41.3 Å².